The molecule has 2 aromatic carbocycles. The van der Waals surface area contributed by atoms with E-state index in [1.54, 1.807) is 19.4 Å². The highest BCUT2D eigenvalue weighted by Crippen LogP contribution is 2.41. The van der Waals surface area contributed by atoms with Crippen LogP contribution in [0.1, 0.15) is 42.3 Å². The molecule has 0 unspecified atom stereocenters. The van der Waals surface area contributed by atoms with Gasteiger partial charge in [-0.25, -0.2) is 4.79 Å². The van der Waals surface area contributed by atoms with E-state index in [1.165, 1.54) is 17.7 Å². The van der Waals surface area contributed by atoms with E-state index >= 15 is 0 Å². The Bertz CT molecular complexity index is 1010. The van der Waals surface area contributed by atoms with Crippen molar-refractivity contribution in [3.05, 3.63) is 58.1 Å². The first-order chi connectivity index (χ1) is 13.1. The van der Waals surface area contributed by atoms with Gasteiger partial charge in [-0.05, 0) is 50.6 Å². The Kier molecular flexibility index (Phi) is 5.22. The molecule has 1 heterocycles. The van der Waals surface area contributed by atoms with Crippen molar-refractivity contribution in [3.63, 3.8) is 0 Å². The predicted molar refractivity (Wildman–Crippen MR) is 115 cm³/mol. The van der Waals surface area contributed by atoms with Crippen molar-refractivity contribution < 1.29 is 14.6 Å². The Hall–Kier alpha value is -2.79. The van der Waals surface area contributed by atoms with Crippen molar-refractivity contribution in [2.75, 3.05) is 19.1 Å². The average Bonchev–Trinajstić information content (AvgIpc) is 2.64. The summed E-state index contributed by atoms with van der Waals surface area (Å²) in [6.45, 7) is 6.43. The number of anilines is 1. The molecule has 0 fully saturated rings. The van der Waals surface area contributed by atoms with Crippen LogP contribution in [0.15, 0.2) is 41.4 Å². The molecule has 1 aliphatic rings. The molecule has 1 N–H and O–H groups in total. The van der Waals surface area contributed by atoms with Crippen molar-refractivity contribution in [2.45, 2.75) is 26.3 Å². The lowest BCUT2D eigenvalue weighted by atomic mass is 9.88. The van der Waals surface area contributed by atoms with Crippen LogP contribution >= 0.6 is 11.6 Å². The lowest BCUT2D eigenvalue weighted by molar-refractivity contribution is 0.0697. The van der Waals surface area contributed by atoms with E-state index in [9.17, 15) is 9.90 Å². The van der Waals surface area contributed by atoms with Gasteiger partial charge in [0.15, 0.2) is 0 Å². The number of nitrogens with zero attached hydrogens (tertiary/aromatic N) is 2. The second-order valence-corrected chi connectivity index (χ2v) is 7.79. The van der Waals surface area contributed by atoms with E-state index in [0.29, 0.717) is 11.4 Å². The lowest BCUT2D eigenvalue weighted by Gasteiger charge is -2.40. The van der Waals surface area contributed by atoms with E-state index in [0.717, 1.165) is 16.8 Å². The number of carboxylic acid groups (broad SMARTS) is 1. The molecule has 0 aromatic heterocycles. The maximum atomic E-state index is 11.3. The molecule has 1 aliphatic heterocycles. The highest BCUT2D eigenvalue weighted by molar-refractivity contribution is 6.33. The van der Waals surface area contributed by atoms with Gasteiger partial charge in [0, 0.05) is 36.1 Å². The molecule has 0 amide bonds. The number of carboxylic acids is 1. The van der Waals surface area contributed by atoms with Crippen LogP contribution in [-0.2, 0) is 0 Å². The quantitative estimate of drug-likeness (QED) is 0.697. The minimum atomic E-state index is -1.08. The van der Waals surface area contributed by atoms with Crippen LogP contribution in [0.2, 0.25) is 5.02 Å². The maximum Gasteiger partial charge on any atom is 0.337 e. The van der Waals surface area contributed by atoms with Crippen LogP contribution in [-0.4, -0.2) is 37.0 Å². The van der Waals surface area contributed by atoms with Gasteiger partial charge < -0.3 is 14.7 Å². The summed E-state index contributed by atoms with van der Waals surface area (Å²) < 4.78 is 5.58. The summed E-state index contributed by atoms with van der Waals surface area (Å²) in [6, 6.07) is 8.72. The van der Waals surface area contributed by atoms with Crippen LogP contribution in [0.5, 0.6) is 5.75 Å². The third kappa shape index (κ3) is 3.62. The van der Waals surface area contributed by atoms with Crippen molar-refractivity contribution in [1.82, 2.24) is 0 Å². The molecular formula is C22H23ClN2O3. The van der Waals surface area contributed by atoms with E-state index in [1.807, 2.05) is 12.1 Å². The Morgan fingerprint density at radius 2 is 2.00 bits per heavy atom. The molecule has 0 saturated heterocycles. The Balaban J connectivity index is 2.04. The number of methoxy groups -OCH3 is 1. The fourth-order valence-corrected chi connectivity index (χ4v) is 3.57. The monoisotopic (exact) mass is 398 g/mol. The first-order valence-electron chi connectivity index (χ1n) is 8.86. The largest absolute Gasteiger partial charge is 0.496 e. The summed E-state index contributed by atoms with van der Waals surface area (Å²) >= 11 is 5.92. The highest BCUT2D eigenvalue weighted by atomic mass is 35.5. The number of likely N-dealkylation sites (N-methyl/N-ethyl adjacent to an activating group) is 1. The Morgan fingerprint density at radius 1 is 1.29 bits per heavy atom. The van der Waals surface area contributed by atoms with Gasteiger partial charge in [0.25, 0.3) is 0 Å². The SMILES string of the molecule is COc1cc2c(cc1C=Nc1ccc(Cl)c(C(=O)O)c1)C(C)=CC(C)(C)N2C. The lowest BCUT2D eigenvalue weighted by Crippen LogP contribution is -2.42. The van der Waals surface area contributed by atoms with Gasteiger partial charge in [-0.1, -0.05) is 17.7 Å². The van der Waals surface area contributed by atoms with Gasteiger partial charge >= 0.3 is 5.97 Å². The van der Waals surface area contributed by atoms with Crippen LogP contribution in [0, 0.1) is 0 Å². The van der Waals surface area contributed by atoms with Gasteiger partial charge in [0.05, 0.1) is 28.9 Å². The molecule has 0 saturated carbocycles. The molecule has 0 bridgehead atoms. The van der Waals surface area contributed by atoms with Gasteiger partial charge in [-0.3, -0.25) is 4.99 Å². The molecule has 146 valence electrons. The average molecular weight is 399 g/mol. The Labute approximate surface area is 169 Å². The molecule has 0 spiro atoms. The van der Waals surface area contributed by atoms with Crippen LogP contribution < -0.4 is 9.64 Å². The second kappa shape index (κ2) is 7.32. The maximum absolute atomic E-state index is 11.3. The zero-order chi connectivity index (χ0) is 20.6. The summed E-state index contributed by atoms with van der Waals surface area (Å²) in [4.78, 5) is 17.9. The first-order valence-corrected chi connectivity index (χ1v) is 9.24. The van der Waals surface area contributed by atoms with Crippen molar-refractivity contribution in [3.8, 4) is 5.75 Å². The molecule has 2 aromatic rings. The third-order valence-corrected chi connectivity index (χ3v) is 5.43. The topological polar surface area (TPSA) is 62.1 Å². The van der Waals surface area contributed by atoms with E-state index in [-0.39, 0.29) is 16.1 Å². The van der Waals surface area contributed by atoms with Crippen LogP contribution in [0.4, 0.5) is 11.4 Å². The standard InChI is InChI=1S/C22H23ClN2O3/c1-13-11-22(2,3)25(4)19-10-20(28-5)14(8-16(13)19)12-24-15-6-7-18(23)17(9-15)21(26)27/h6-12H,1-5H3,(H,26,27). The van der Waals surface area contributed by atoms with Crippen LogP contribution in [0.3, 0.4) is 0 Å². The van der Waals surface area contributed by atoms with E-state index < -0.39 is 5.97 Å². The number of aromatic carboxylic acids is 1. The molecule has 5 nitrogen and oxygen atoms in total. The summed E-state index contributed by atoms with van der Waals surface area (Å²) in [6.07, 6.45) is 3.92. The Morgan fingerprint density at radius 3 is 2.64 bits per heavy atom. The van der Waals surface area contributed by atoms with Gasteiger partial charge in [0.2, 0.25) is 0 Å². The van der Waals surface area contributed by atoms with E-state index in [4.69, 9.17) is 16.3 Å². The molecular weight excluding hydrogens is 376 g/mol. The minimum absolute atomic E-state index is 0.0244. The molecule has 3 rings (SSSR count). The second-order valence-electron chi connectivity index (χ2n) is 7.38. The minimum Gasteiger partial charge on any atom is -0.496 e. The molecule has 28 heavy (non-hydrogen) atoms. The number of fused-ring (bicyclic) bond motifs is 1. The number of rotatable bonds is 4. The number of benzene rings is 2. The summed E-state index contributed by atoms with van der Waals surface area (Å²) in [5.41, 5.74) is 4.66. The summed E-state index contributed by atoms with van der Waals surface area (Å²) in [5, 5.41) is 9.40. The smallest absolute Gasteiger partial charge is 0.337 e. The van der Waals surface area contributed by atoms with Crippen LogP contribution in [0.25, 0.3) is 5.57 Å². The first kappa shape index (κ1) is 20.0. The molecule has 0 radical (unpaired) electrons. The number of halogens is 1. The van der Waals surface area contributed by atoms with Gasteiger partial charge in [-0.2, -0.15) is 0 Å². The van der Waals surface area contributed by atoms with Gasteiger partial charge in [-0.15, -0.1) is 0 Å². The fourth-order valence-electron chi connectivity index (χ4n) is 3.37. The number of carbonyl (C=O) groups is 1. The molecule has 0 aliphatic carbocycles. The number of aliphatic imine (C=N–C) groups is 1. The third-order valence-electron chi connectivity index (χ3n) is 5.10. The normalized spacial score (nSPS) is 15.4. The predicted octanol–water partition coefficient (Wildman–Crippen LogP) is 5.43. The number of ether oxygens (including phenoxy) is 1. The number of hydrogen-bond acceptors (Lipinski definition) is 4. The van der Waals surface area contributed by atoms with Crippen molar-refractivity contribution in [2.24, 2.45) is 4.99 Å². The van der Waals surface area contributed by atoms with Gasteiger partial charge in [0.1, 0.15) is 5.75 Å². The summed E-state index contributed by atoms with van der Waals surface area (Å²) in [7, 11) is 3.69. The highest BCUT2D eigenvalue weighted by Gasteiger charge is 2.29. The van der Waals surface area contributed by atoms with Crippen molar-refractivity contribution >= 4 is 40.7 Å². The number of allylic oxidation sites excluding steroid dienone is 1. The number of hydrogen-bond donors (Lipinski definition) is 1. The molecule has 0 atom stereocenters. The molecule has 6 heteroatoms. The zero-order valence-electron chi connectivity index (χ0n) is 16.6. The zero-order valence-corrected chi connectivity index (χ0v) is 17.3. The fraction of sp³-hybridized carbons (Fsp3) is 0.273. The summed E-state index contributed by atoms with van der Waals surface area (Å²) in [5.74, 6) is -0.382. The van der Waals surface area contributed by atoms with Crippen molar-refractivity contribution in [1.29, 1.82) is 0 Å². The van der Waals surface area contributed by atoms with E-state index in [2.05, 4.69) is 43.8 Å².